The quantitative estimate of drug-likeness (QED) is 0.699. The third-order valence-electron chi connectivity index (χ3n) is 1.72. The van der Waals surface area contributed by atoms with Gasteiger partial charge in [-0.15, -0.1) is 0 Å². The second-order valence-corrected chi connectivity index (χ2v) is 3.47. The molecule has 2 rings (SSSR count). The number of rotatable bonds is 1. The summed E-state index contributed by atoms with van der Waals surface area (Å²) in [6.07, 6.45) is 2.67. The highest BCUT2D eigenvalue weighted by Crippen LogP contribution is 2.13. The Morgan fingerprint density at radius 1 is 1.17 bits per heavy atom. The van der Waals surface area contributed by atoms with E-state index in [-0.39, 0.29) is 0 Å². The third-order valence-corrected chi connectivity index (χ3v) is 2.25. The lowest BCUT2D eigenvalue weighted by Gasteiger charge is -1.97. The van der Waals surface area contributed by atoms with E-state index in [1.807, 2.05) is 30.5 Å². The van der Waals surface area contributed by atoms with Crippen molar-refractivity contribution in [3.8, 4) is 0 Å². The van der Waals surface area contributed by atoms with Crippen LogP contribution in [-0.2, 0) is 0 Å². The maximum atomic E-state index is 4.01. The van der Waals surface area contributed by atoms with Gasteiger partial charge < -0.3 is 0 Å². The minimum atomic E-state index is 0.849. The standard InChI is InChI=1S/C9H7BrN2/c10-8-3-1-7(2-4-8)9-5-6-11-12-9/h1-4,6H,5H2. The molecule has 0 aliphatic carbocycles. The van der Waals surface area contributed by atoms with Gasteiger partial charge in [-0.05, 0) is 17.7 Å². The molecule has 3 heteroatoms. The summed E-state index contributed by atoms with van der Waals surface area (Å²) in [4.78, 5) is 0. The van der Waals surface area contributed by atoms with E-state index in [1.54, 1.807) is 0 Å². The topological polar surface area (TPSA) is 24.7 Å². The van der Waals surface area contributed by atoms with Crippen LogP contribution in [0.3, 0.4) is 0 Å². The van der Waals surface area contributed by atoms with Crippen LogP contribution in [0.2, 0.25) is 0 Å². The van der Waals surface area contributed by atoms with Gasteiger partial charge in [0, 0.05) is 17.1 Å². The van der Waals surface area contributed by atoms with Crippen LogP contribution in [0.4, 0.5) is 0 Å². The molecule has 0 bridgehead atoms. The van der Waals surface area contributed by atoms with Crippen molar-refractivity contribution in [3.05, 3.63) is 34.3 Å². The molecule has 60 valence electrons. The zero-order chi connectivity index (χ0) is 8.39. The van der Waals surface area contributed by atoms with Crippen molar-refractivity contribution in [2.75, 3.05) is 0 Å². The maximum absolute atomic E-state index is 4.01. The fourth-order valence-corrected chi connectivity index (χ4v) is 1.36. The van der Waals surface area contributed by atoms with E-state index in [0.29, 0.717) is 0 Å². The number of hydrogen-bond donors (Lipinski definition) is 0. The first-order valence-electron chi connectivity index (χ1n) is 3.70. The Morgan fingerprint density at radius 2 is 1.92 bits per heavy atom. The van der Waals surface area contributed by atoms with E-state index in [9.17, 15) is 0 Å². The van der Waals surface area contributed by atoms with Gasteiger partial charge in [0.1, 0.15) is 0 Å². The van der Waals surface area contributed by atoms with E-state index >= 15 is 0 Å². The normalized spacial score (nSPS) is 14.9. The molecule has 0 unspecified atom stereocenters. The lowest BCUT2D eigenvalue weighted by atomic mass is 10.1. The van der Waals surface area contributed by atoms with Crippen LogP contribution < -0.4 is 0 Å². The van der Waals surface area contributed by atoms with Crippen molar-refractivity contribution in [2.24, 2.45) is 10.2 Å². The Morgan fingerprint density at radius 3 is 2.50 bits per heavy atom. The number of benzene rings is 1. The highest BCUT2D eigenvalue weighted by Gasteiger charge is 2.04. The molecule has 0 saturated heterocycles. The molecule has 0 aromatic heterocycles. The van der Waals surface area contributed by atoms with Gasteiger partial charge in [0.15, 0.2) is 0 Å². The van der Waals surface area contributed by atoms with Gasteiger partial charge in [-0.2, -0.15) is 10.2 Å². The molecule has 1 aliphatic heterocycles. The summed E-state index contributed by atoms with van der Waals surface area (Å²) in [5.41, 5.74) is 2.19. The van der Waals surface area contributed by atoms with Crippen LogP contribution in [0.25, 0.3) is 0 Å². The van der Waals surface area contributed by atoms with E-state index in [2.05, 4.69) is 26.1 Å². The van der Waals surface area contributed by atoms with Gasteiger partial charge in [-0.25, -0.2) is 0 Å². The summed E-state index contributed by atoms with van der Waals surface area (Å²) in [6.45, 7) is 0. The summed E-state index contributed by atoms with van der Waals surface area (Å²) in [6, 6.07) is 8.10. The highest BCUT2D eigenvalue weighted by molar-refractivity contribution is 9.10. The van der Waals surface area contributed by atoms with E-state index in [4.69, 9.17) is 0 Å². The first kappa shape index (κ1) is 7.68. The molecule has 2 nitrogen and oxygen atoms in total. The summed E-state index contributed by atoms with van der Waals surface area (Å²) in [5.74, 6) is 0. The molecular formula is C9H7BrN2. The Labute approximate surface area is 79.1 Å². The Hall–Kier alpha value is -0.960. The van der Waals surface area contributed by atoms with Crippen LogP contribution in [0, 0.1) is 0 Å². The fourth-order valence-electron chi connectivity index (χ4n) is 1.10. The summed E-state index contributed by atoms with van der Waals surface area (Å²) >= 11 is 3.38. The van der Waals surface area contributed by atoms with Crippen molar-refractivity contribution < 1.29 is 0 Å². The Balaban J connectivity index is 2.30. The first-order chi connectivity index (χ1) is 5.86. The van der Waals surface area contributed by atoms with E-state index < -0.39 is 0 Å². The monoisotopic (exact) mass is 222 g/mol. The van der Waals surface area contributed by atoms with Gasteiger partial charge in [0.05, 0.1) is 5.71 Å². The molecule has 0 amide bonds. The zero-order valence-electron chi connectivity index (χ0n) is 6.37. The molecule has 0 spiro atoms. The predicted molar refractivity (Wildman–Crippen MR) is 53.8 cm³/mol. The van der Waals surface area contributed by atoms with Crippen molar-refractivity contribution in [3.63, 3.8) is 0 Å². The van der Waals surface area contributed by atoms with Crippen molar-refractivity contribution >= 4 is 27.9 Å². The molecule has 1 aromatic rings. The predicted octanol–water partition coefficient (Wildman–Crippen LogP) is 2.63. The molecule has 0 atom stereocenters. The van der Waals surface area contributed by atoms with Crippen LogP contribution in [0.5, 0.6) is 0 Å². The van der Waals surface area contributed by atoms with Crippen molar-refractivity contribution in [2.45, 2.75) is 6.42 Å². The molecule has 1 aliphatic rings. The maximum Gasteiger partial charge on any atom is 0.0756 e. The molecule has 1 heterocycles. The van der Waals surface area contributed by atoms with Crippen molar-refractivity contribution in [1.82, 2.24) is 0 Å². The Bertz CT molecular complexity index is 338. The van der Waals surface area contributed by atoms with E-state index in [1.165, 1.54) is 0 Å². The average Bonchev–Trinajstić information content (AvgIpc) is 2.58. The average molecular weight is 223 g/mol. The van der Waals surface area contributed by atoms with Gasteiger partial charge in [0.2, 0.25) is 0 Å². The smallest absolute Gasteiger partial charge is 0.0756 e. The Kier molecular flexibility index (Phi) is 2.04. The van der Waals surface area contributed by atoms with Gasteiger partial charge in [-0.1, -0.05) is 28.1 Å². The third kappa shape index (κ3) is 1.46. The van der Waals surface area contributed by atoms with Crippen LogP contribution in [0.1, 0.15) is 12.0 Å². The van der Waals surface area contributed by atoms with Gasteiger partial charge in [0.25, 0.3) is 0 Å². The molecule has 12 heavy (non-hydrogen) atoms. The van der Waals surface area contributed by atoms with Gasteiger partial charge in [-0.3, -0.25) is 0 Å². The second-order valence-electron chi connectivity index (χ2n) is 2.56. The second kappa shape index (κ2) is 3.19. The minimum Gasteiger partial charge on any atom is -0.163 e. The summed E-state index contributed by atoms with van der Waals surface area (Å²) in [5, 5.41) is 7.82. The molecular weight excluding hydrogens is 216 g/mol. The molecule has 0 radical (unpaired) electrons. The van der Waals surface area contributed by atoms with Crippen LogP contribution in [0.15, 0.2) is 38.9 Å². The van der Waals surface area contributed by atoms with Crippen LogP contribution in [-0.4, -0.2) is 11.9 Å². The number of halogens is 1. The lowest BCUT2D eigenvalue weighted by Crippen LogP contribution is -1.96. The number of nitrogens with zero attached hydrogens (tertiary/aromatic N) is 2. The van der Waals surface area contributed by atoms with Crippen molar-refractivity contribution in [1.29, 1.82) is 0 Å². The first-order valence-corrected chi connectivity index (χ1v) is 4.50. The lowest BCUT2D eigenvalue weighted by molar-refractivity contribution is 1.28. The van der Waals surface area contributed by atoms with E-state index in [0.717, 1.165) is 22.2 Å². The fraction of sp³-hybridized carbons (Fsp3) is 0.111. The summed E-state index contributed by atoms with van der Waals surface area (Å²) < 4.78 is 1.09. The number of hydrogen-bond acceptors (Lipinski definition) is 2. The summed E-state index contributed by atoms with van der Waals surface area (Å²) in [7, 11) is 0. The molecule has 0 N–H and O–H groups in total. The molecule has 0 saturated carbocycles. The van der Waals surface area contributed by atoms with Crippen LogP contribution >= 0.6 is 15.9 Å². The SMILES string of the molecule is Brc1ccc(C2=NN=CC2)cc1. The zero-order valence-corrected chi connectivity index (χ0v) is 7.95. The molecule has 0 fully saturated rings. The highest BCUT2D eigenvalue weighted by atomic mass is 79.9. The molecule has 1 aromatic carbocycles. The van der Waals surface area contributed by atoms with Gasteiger partial charge >= 0.3 is 0 Å². The minimum absolute atomic E-state index is 0.849. The largest absolute Gasteiger partial charge is 0.163 e.